The van der Waals surface area contributed by atoms with Crippen molar-refractivity contribution in [2.24, 2.45) is 5.92 Å². The molecule has 0 fully saturated rings. The zero-order valence-electron chi connectivity index (χ0n) is 70.3. The van der Waals surface area contributed by atoms with Gasteiger partial charge in [0.05, 0.1) is 26.4 Å². The maximum absolute atomic E-state index is 13.2. The van der Waals surface area contributed by atoms with E-state index < -0.39 is 97.5 Å². The van der Waals surface area contributed by atoms with Crippen LogP contribution in [0.25, 0.3) is 0 Å². The Labute approximate surface area is 658 Å². The van der Waals surface area contributed by atoms with E-state index in [1.807, 2.05) is 0 Å². The summed E-state index contributed by atoms with van der Waals surface area (Å²) in [4.78, 5) is 73.3. The molecule has 19 heteroatoms. The van der Waals surface area contributed by atoms with E-state index in [2.05, 4.69) is 34.6 Å². The summed E-state index contributed by atoms with van der Waals surface area (Å²) < 4.78 is 68.9. The second-order valence-electron chi connectivity index (χ2n) is 32.1. The van der Waals surface area contributed by atoms with Crippen LogP contribution in [0.15, 0.2) is 0 Å². The molecule has 107 heavy (non-hydrogen) atoms. The summed E-state index contributed by atoms with van der Waals surface area (Å²) in [6.07, 6.45) is 75.1. The molecule has 3 N–H and O–H groups in total. The molecule has 0 rings (SSSR count). The van der Waals surface area contributed by atoms with Crippen LogP contribution in [0.3, 0.4) is 0 Å². The summed E-state index contributed by atoms with van der Waals surface area (Å²) in [7, 11) is -9.93. The van der Waals surface area contributed by atoms with E-state index in [0.717, 1.165) is 95.8 Å². The summed E-state index contributed by atoms with van der Waals surface area (Å²) in [5, 5.41) is 10.7. The van der Waals surface area contributed by atoms with Gasteiger partial charge in [-0.05, 0) is 31.6 Å². The Hall–Kier alpha value is -1.94. The number of phosphoric ester groups is 2. The molecule has 5 atom stereocenters. The number of carbonyl (C=O) groups excluding carboxylic acids is 4. The van der Waals surface area contributed by atoms with Gasteiger partial charge in [0, 0.05) is 25.7 Å². The van der Waals surface area contributed by atoms with Gasteiger partial charge in [0.1, 0.15) is 19.3 Å². The van der Waals surface area contributed by atoms with Crippen molar-refractivity contribution in [2.75, 3.05) is 39.6 Å². The first kappa shape index (κ1) is 105. The molecule has 0 spiro atoms. The number of hydrogen-bond donors (Lipinski definition) is 3. The fourth-order valence-electron chi connectivity index (χ4n) is 13.8. The number of carbonyl (C=O) groups is 4. The third-order valence-corrected chi connectivity index (χ3v) is 22.7. The van der Waals surface area contributed by atoms with Gasteiger partial charge < -0.3 is 33.8 Å². The molecule has 0 aliphatic heterocycles. The minimum Gasteiger partial charge on any atom is -0.462 e. The van der Waals surface area contributed by atoms with E-state index >= 15 is 0 Å². The van der Waals surface area contributed by atoms with Crippen molar-refractivity contribution in [2.45, 2.75) is 496 Å². The lowest BCUT2D eigenvalue weighted by molar-refractivity contribution is -0.161. The van der Waals surface area contributed by atoms with Crippen LogP contribution in [0.4, 0.5) is 0 Å². The van der Waals surface area contributed by atoms with Gasteiger partial charge in [-0.15, -0.1) is 0 Å². The van der Waals surface area contributed by atoms with Gasteiger partial charge in [0.25, 0.3) is 0 Å². The standard InChI is InChI=1S/C88H172O17P2/c1-6-9-12-15-18-21-24-27-29-31-33-35-36-38-40-42-45-48-53-59-64-69-74-88(93)104-83(77-98-85(90)71-66-61-56-51-46-44-41-39-37-34-32-30-28-25-22-19-16-13-10-7-2)79-102-106(94,95)100-75-82(89)76-101-107(96,97)103-80-84(78-99-86(91)72-67-62-57-54-49-50-55-60-65-70-81(4)5)105-87(92)73-68-63-58-52-47-43-26-23-20-17-14-11-8-3/h81-84,89H,6-80H2,1-5H3,(H,94,95)(H,96,97)/t82-,83-,84-/m1/s1. The SMILES string of the molecule is CCCCCCCCCCCCCCCCCCCCCCCCC(=O)O[C@H](COC(=O)CCCCCCCCCCCCCCCCCCCCCC)COP(=O)(O)OC[C@@H](O)COP(=O)(O)OC[C@@H](COC(=O)CCCCCCCCCCCC(C)C)OC(=O)CCCCCCCCCCCCCCC. The number of aliphatic hydroxyl groups is 1. The number of hydrogen-bond acceptors (Lipinski definition) is 15. The highest BCUT2D eigenvalue weighted by Gasteiger charge is 2.30. The van der Waals surface area contributed by atoms with E-state index in [1.165, 1.54) is 302 Å². The zero-order valence-corrected chi connectivity index (χ0v) is 72.1. The molecular formula is C88H172O17P2. The van der Waals surface area contributed by atoms with Crippen molar-refractivity contribution in [3.8, 4) is 0 Å². The van der Waals surface area contributed by atoms with Crippen LogP contribution in [0.2, 0.25) is 0 Å². The average Bonchev–Trinajstić information content (AvgIpc) is 0.904. The molecule has 0 aromatic heterocycles. The van der Waals surface area contributed by atoms with Crippen LogP contribution < -0.4 is 0 Å². The van der Waals surface area contributed by atoms with Crippen LogP contribution in [0.1, 0.15) is 478 Å². The fourth-order valence-corrected chi connectivity index (χ4v) is 15.4. The molecule has 0 aromatic carbocycles. The molecule has 0 bridgehead atoms. The van der Waals surface area contributed by atoms with Crippen LogP contribution in [-0.2, 0) is 65.4 Å². The molecule has 0 heterocycles. The molecule has 0 saturated heterocycles. The lowest BCUT2D eigenvalue weighted by Crippen LogP contribution is -2.30. The van der Waals surface area contributed by atoms with Crippen molar-refractivity contribution in [1.29, 1.82) is 0 Å². The van der Waals surface area contributed by atoms with Gasteiger partial charge in [-0.2, -0.15) is 0 Å². The van der Waals surface area contributed by atoms with Crippen molar-refractivity contribution in [3.05, 3.63) is 0 Å². The smallest absolute Gasteiger partial charge is 0.462 e. The summed E-state index contributed by atoms with van der Waals surface area (Å²) >= 11 is 0. The Morgan fingerprint density at radius 1 is 0.252 bits per heavy atom. The molecule has 0 radical (unpaired) electrons. The highest BCUT2D eigenvalue weighted by molar-refractivity contribution is 7.47. The lowest BCUT2D eigenvalue weighted by atomic mass is 10.0. The van der Waals surface area contributed by atoms with Gasteiger partial charge in [-0.3, -0.25) is 37.3 Å². The van der Waals surface area contributed by atoms with Gasteiger partial charge >= 0.3 is 39.5 Å². The van der Waals surface area contributed by atoms with Crippen molar-refractivity contribution < 1.29 is 80.2 Å². The van der Waals surface area contributed by atoms with Gasteiger partial charge in [0.2, 0.25) is 0 Å². The Morgan fingerprint density at radius 2 is 0.430 bits per heavy atom. The Bertz CT molecular complexity index is 2030. The van der Waals surface area contributed by atoms with E-state index in [4.69, 9.17) is 37.0 Å². The molecule has 17 nitrogen and oxygen atoms in total. The Morgan fingerprint density at radius 3 is 0.636 bits per heavy atom. The molecular weight excluding hydrogens is 1390 g/mol. The van der Waals surface area contributed by atoms with Gasteiger partial charge in [-0.25, -0.2) is 9.13 Å². The number of ether oxygens (including phenoxy) is 4. The zero-order chi connectivity index (χ0) is 78.3. The molecule has 0 aliphatic rings. The summed E-state index contributed by atoms with van der Waals surface area (Å²) in [5.74, 6) is -1.35. The second-order valence-corrected chi connectivity index (χ2v) is 35.0. The first-order chi connectivity index (χ1) is 52.0. The number of rotatable bonds is 88. The van der Waals surface area contributed by atoms with Crippen molar-refractivity contribution >= 4 is 39.5 Å². The Balaban J connectivity index is 5.22. The molecule has 2 unspecified atom stereocenters. The third kappa shape index (κ3) is 81.9. The average molecular weight is 1560 g/mol. The van der Waals surface area contributed by atoms with Gasteiger partial charge in [0.15, 0.2) is 12.2 Å². The van der Waals surface area contributed by atoms with Gasteiger partial charge in [-0.1, -0.05) is 426 Å². The molecule has 636 valence electrons. The monoisotopic (exact) mass is 1560 g/mol. The summed E-state index contributed by atoms with van der Waals surface area (Å²) in [5.41, 5.74) is 0. The maximum Gasteiger partial charge on any atom is 0.472 e. The molecule has 0 aliphatic carbocycles. The number of esters is 4. The van der Waals surface area contributed by atoms with Crippen molar-refractivity contribution in [3.63, 3.8) is 0 Å². The second kappa shape index (κ2) is 80.7. The van der Waals surface area contributed by atoms with E-state index in [-0.39, 0.29) is 25.7 Å². The van der Waals surface area contributed by atoms with E-state index in [1.54, 1.807) is 0 Å². The number of phosphoric acid groups is 2. The first-order valence-electron chi connectivity index (χ1n) is 45.6. The van der Waals surface area contributed by atoms with Crippen LogP contribution >= 0.6 is 15.6 Å². The predicted molar refractivity (Wildman–Crippen MR) is 442 cm³/mol. The predicted octanol–water partition coefficient (Wildman–Crippen LogP) is 27.2. The molecule has 0 amide bonds. The fraction of sp³-hybridized carbons (Fsp3) is 0.955. The first-order valence-corrected chi connectivity index (χ1v) is 48.6. The number of unbranched alkanes of at least 4 members (excludes halogenated alkanes) is 60. The summed E-state index contributed by atoms with van der Waals surface area (Å²) in [6, 6.07) is 0. The number of aliphatic hydroxyl groups excluding tert-OH is 1. The minimum absolute atomic E-state index is 0.108. The highest BCUT2D eigenvalue weighted by Crippen LogP contribution is 2.45. The molecule has 0 aromatic rings. The minimum atomic E-state index is -4.97. The lowest BCUT2D eigenvalue weighted by Gasteiger charge is -2.21. The topological polar surface area (TPSA) is 237 Å². The van der Waals surface area contributed by atoms with Crippen LogP contribution in [0, 0.1) is 5.92 Å². The van der Waals surface area contributed by atoms with Crippen LogP contribution in [-0.4, -0.2) is 96.7 Å². The normalized spacial score (nSPS) is 13.7. The molecule has 0 saturated carbocycles. The largest absolute Gasteiger partial charge is 0.472 e. The quantitative estimate of drug-likeness (QED) is 0.0222. The Kier molecular flexibility index (Phi) is 79.2. The van der Waals surface area contributed by atoms with E-state index in [0.29, 0.717) is 25.7 Å². The van der Waals surface area contributed by atoms with Crippen molar-refractivity contribution in [1.82, 2.24) is 0 Å². The maximum atomic E-state index is 13.2. The van der Waals surface area contributed by atoms with E-state index in [9.17, 15) is 43.2 Å². The third-order valence-electron chi connectivity index (χ3n) is 20.8. The van der Waals surface area contributed by atoms with Crippen LogP contribution in [0.5, 0.6) is 0 Å². The highest BCUT2D eigenvalue weighted by atomic mass is 31.2. The summed E-state index contributed by atoms with van der Waals surface area (Å²) in [6.45, 7) is 7.35.